The van der Waals surface area contributed by atoms with Crippen LogP contribution >= 0.6 is 15.9 Å². The molecule has 0 unspecified atom stereocenters. The van der Waals surface area contributed by atoms with Gasteiger partial charge in [0.25, 0.3) is 5.91 Å². The predicted molar refractivity (Wildman–Crippen MR) is 77.2 cm³/mol. The Morgan fingerprint density at radius 3 is 2.90 bits per heavy atom. The molecule has 0 saturated heterocycles. The van der Waals surface area contributed by atoms with Gasteiger partial charge in [-0.2, -0.15) is 5.10 Å². The van der Waals surface area contributed by atoms with Gasteiger partial charge in [-0.15, -0.1) is 0 Å². The Bertz CT molecular complexity index is 647. The van der Waals surface area contributed by atoms with Crippen molar-refractivity contribution in [2.75, 3.05) is 13.7 Å². The lowest BCUT2D eigenvalue weighted by molar-refractivity contribution is -0.132. The molecule has 0 fully saturated rings. The van der Waals surface area contributed by atoms with Crippen molar-refractivity contribution in [3.05, 3.63) is 40.1 Å². The maximum Gasteiger partial charge on any atom is 0.260 e. The van der Waals surface area contributed by atoms with E-state index in [1.54, 1.807) is 14.0 Å². The second-order valence-corrected chi connectivity index (χ2v) is 5.30. The Morgan fingerprint density at radius 1 is 1.52 bits per heavy atom. The molecule has 1 aromatic heterocycles. The molecule has 0 radical (unpaired) electrons. The number of hydrogen-bond acceptors (Lipinski definition) is 4. The molecule has 2 rings (SSSR count). The zero-order valence-electron chi connectivity index (χ0n) is 11.6. The van der Waals surface area contributed by atoms with E-state index >= 15 is 0 Å². The van der Waals surface area contributed by atoms with E-state index in [9.17, 15) is 9.18 Å². The van der Waals surface area contributed by atoms with Gasteiger partial charge in [-0.1, -0.05) is 0 Å². The van der Waals surface area contributed by atoms with Crippen LogP contribution in [0.3, 0.4) is 0 Å². The molecule has 0 aliphatic heterocycles. The maximum absolute atomic E-state index is 12.9. The Balaban J connectivity index is 1.89. The molecule has 0 spiro atoms. The van der Waals surface area contributed by atoms with Crippen molar-refractivity contribution in [1.29, 1.82) is 0 Å². The number of aryl methyl sites for hydroxylation is 1. The van der Waals surface area contributed by atoms with Gasteiger partial charge in [-0.25, -0.2) is 9.37 Å². The zero-order valence-corrected chi connectivity index (χ0v) is 13.1. The molecule has 1 amide bonds. The monoisotopic (exact) mass is 356 g/mol. The van der Waals surface area contributed by atoms with Gasteiger partial charge in [0.1, 0.15) is 17.4 Å². The Kier molecular flexibility index (Phi) is 4.89. The molecule has 1 heterocycles. The number of H-pyrrole nitrogens is 1. The number of nitrogens with zero attached hydrogens (tertiary/aromatic N) is 3. The molecular weight excluding hydrogens is 343 g/mol. The minimum absolute atomic E-state index is 0.149. The van der Waals surface area contributed by atoms with E-state index in [1.807, 2.05) is 0 Å². The fraction of sp³-hybridized carbons (Fsp3) is 0.308. The number of likely N-dealkylation sites (N-methyl/N-ethyl adjacent to an activating group) is 1. The minimum atomic E-state index is -0.377. The van der Waals surface area contributed by atoms with Crippen LogP contribution in [0.15, 0.2) is 22.7 Å². The molecule has 0 bridgehead atoms. The van der Waals surface area contributed by atoms with Crippen molar-refractivity contribution in [1.82, 2.24) is 20.1 Å². The molecule has 1 aromatic carbocycles. The molecule has 6 nitrogen and oxygen atoms in total. The molecule has 2 aromatic rings. The lowest BCUT2D eigenvalue weighted by atomic mass is 10.3. The molecule has 0 aliphatic carbocycles. The highest BCUT2D eigenvalue weighted by Crippen LogP contribution is 2.25. The van der Waals surface area contributed by atoms with E-state index in [0.29, 0.717) is 21.9 Å². The highest BCUT2D eigenvalue weighted by atomic mass is 79.9. The first-order valence-electron chi connectivity index (χ1n) is 6.15. The Morgan fingerprint density at radius 2 is 2.29 bits per heavy atom. The SMILES string of the molecule is Cc1nc(CN(C)C(=O)COc2ccc(F)cc2Br)n[nH]1. The van der Waals surface area contributed by atoms with E-state index < -0.39 is 0 Å². The molecule has 8 heteroatoms. The highest BCUT2D eigenvalue weighted by molar-refractivity contribution is 9.10. The molecule has 112 valence electrons. The normalized spacial score (nSPS) is 10.5. The summed E-state index contributed by atoms with van der Waals surface area (Å²) in [5.74, 6) is 1.03. The number of carbonyl (C=O) groups excluding carboxylic acids is 1. The summed E-state index contributed by atoms with van der Waals surface area (Å²) < 4.78 is 18.8. The van der Waals surface area contributed by atoms with Gasteiger partial charge in [0.05, 0.1) is 11.0 Å². The number of hydrogen-bond donors (Lipinski definition) is 1. The standard InChI is InChI=1S/C13H14BrFN4O2/c1-8-16-12(18-17-8)6-19(2)13(20)7-21-11-4-3-9(15)5-10(11)14/h3-5H,6-7H2,1-2H3,(H,16,17,18). The summed E-state index contributed by atoms with van der Waals surface area (Å²) in [5.41, 5.74) is 0. The Hall–Kier alpha value is -1.96. The van der Waals surface area contributed by atoms with Crippen LogP contribution in [0.25, 0.3) is 0 Å². The quantitative estimate of drug-likeness (QED) is 0.889. The number of rotatable bonds is 5. The summed E-state index contributed by atoms with van der Waals surface area (Å²) in [4.78, 5) is 17.5. The summed E-state index contributed by atoms with van der Waals surface area (Å²) in [6.45, 7) is 1.93. The van der Waals surface area contributed by atoms with Crippen LogP contribution in [0.2, 0.25) is 0 Å². The third-order valence-electron chi connectivity index (χ3n) is 2.69. The van der Waals surface area contributed by atoms with E-state index in [2.05, 4.69) is 31.1 Å². The summed E-state index contributed by atoms with van der Waals surface area (Å²) in [7, 11) is 1.64. The van der Waals surface area contributed by atoms with E-state index in [4.69, 9.17) is 4.74 Å². The van der Waals surface area contributed by atoms with E-state index in [-0.39, 0.29) is 24.9 Å². The molecule has 0 saturated carbocycles. The van der Waals surface area contributed by atoms with Gasteiger partial charge in [0.15, 0.2) is 12.4 Å². The van der Waals surface area contributed by atoms with Gasteiger partial charge in [0, 0.05) is 7.05 Å². The number of aromatic nitrogens is 3. The first-order chi connectivity index (χ1) is 9.95. The Labute approximate surface area is 129 Å². The number of aromatic amines is 1. The number of carbonyl (C=O) groups is 1. The van der Waals surface area contributed by atoms with Crippen molar-refractivity contribution in [2.45, 2.75) is 13.5 Å². The van der Waals surface area contributed by atoms with Gasteiger partial charge in [0.2, 0.25) is 0 Å². The third kappa shape index (κ3) is 4.25. The zero-order chi connectivity index (χ0) is 15.4. The lowest BCUT2D eigenvalue weighted by Gasteiger charge is -2.16. The van der Waals surface area contributed by atoms with Crippen molar-refractivity contribution in [2.24, 2.45) is 0 Å². The van der Waals surface area contributed by atoms with Crippen LogP contribution in [-0.4, -0.2) is 39.6 Å². The second-order valence-electron chi connectivity index (χ2n) is 4.45. The first kappa shape index (κ1) is 15.4. The van der Waals surface area contributed by atoms with Crippen molar-refractivity contribution < 1.29 is 13.9 Å². The highest BCUT2D eigenvalue weighted by Gasteiger charge is 2.13. The van der Waals surface area contributed by atoms with Crippen LogP contribution in [0.5, 0.6) is 5.75 Å². The smallest absolute Gasteiger partial charge is 0.260 e. The van der Waals surface area contributed by atoms with Gasteiger partial charge in [-0.05, 0) is 41.1 Å². The van der Waals surface area contributed by atoms with Crippen molar-refractivity contribution >= 4 is 21.8 Å². The van der Waals surface area contributed by atoms with Gasteiger partial charge >= 0.3 is 0 Å². The number of ether oxygens (including phenoxy) is 1. The van der Waals surface area contributed by atoms with Crippen molar-refractivity contribution in [3.63, 3.8) is 0 Å². The minimum Gasteiger partial charge on any atom is -0.483 e. The van der Waals surface area contributed by atoms with Gasteiger partial charge in [-0.3, -0.25) is 9.89 Å². The van der Waals surface area contributed by atoms with Crippen molar-refractivity contribution in [3.8, 4) is 5.75 Å². The summed E-state index contributed by atoms with van der Waals surface area (Å²) >= 11 is 3.18. The molecule has 21 heavy (non-hydrogen) atoms. The summed E-state index contributed by atoms with van der Waals surface area (Å²) in [6.07, 6.45) is 0. The van der Waals surface area contributed by atoms with Crippen LogP contribution < -0.4 is 4.74 Å². The fourth-order valence-corrected chi connectivity index (χ4v) is 2.07. The van der Waals surface area contributed by atoms with Crippen LogP contribution in [0.4, 0.5) is 4.39 Å². The van der Waals surface area contributed by atoms with Crippen LogP contribution in [0, 0.1) is 12.7 Å². The first-order valence-corrected chi connectivity index (χ1v) is 6.94. The number of nitrogens with one attached hydrogen (secondary N) is 1. The molecular formula is C13H14BrFN4O2. The topological polar surface area (TPSA) is 71.1 Å². The second kappa shape index (κ2) is 6.66. The largest absolute Gasteiger partial charge is 0.483 e. The van der Waals surface area contributed by atoms with E-state index in [0.717, 1.165) is 0 Å². The summed E-state index contributed by atoms with van der Waals surface area (Å²) in [5, 5.41) is 6.67. The third-order valence-corrected chi connectivity index (χ3v) is 3.31. The average Bonchev–Trinajstić information content (AvgIpc) is 2.82. The number of benzene rings is 1. The van der Waals surface area contributed by atoms with Gasteiger partial charge < -0.3 is 9.64 Å². The molecule has 0 aliphatic rings. The van der Waals surface area contributed by atoms with Crippen LogP contribution in [0.1, 0.15) is 11.6 Å². The lowest BCUT2D eigenvalue weighted by Crippen LogP contribution is -2.31. The summed E-state index contributed by atoms with van der Waals surface area (Å²) in [6, 6.07) is 4.01. The molecule has 1 N–H and O–H groups in total. The van der Waals surface area contributed by atoms with E-state index in [1.165, 1.54) is 23.1 Å². The predicted octanol–water partition coefficient (Wildman–Crippen LogP) is 2.05. The fourth-order valence-electron chi connectivity index (χ4n) is 1.60. The van der Waals surface area contributed by atoms with Crippen LogP contribution in [-0.2, 0) is 11.3 Å². The number of amides is 1. The average molecular weight is 357 g/mol. The molecule has 0 atom stereocenters. The maximum atomic E-state index is 12.9. The number of halogens is 2.